The predicted molar refractivity (Wildman–Crippen MR) is 132 cm³/mol. The molecule has 0 bridgehead atoms. The molecule has 0 fully saturated rings. The predicted octanol–water partition coefficient (Wildman–Crippen LogP) is 5.63. The molecule has 1 atom stereocenters. The molecular weight excluding hydrogens is 400 g/mol. The number of unbranched alkanes of at least 4 members (excludes halogenated alkanes) is 2. The van der Waals surface area contributed by atoms with Gasteiger partial charge in [0.1, 0.15) is 0 Å². The standard InChI is InChI=1S/C27H38O3Si/c1-6-8-11-16-23(21-22-26(28)29-7-2)30-31(27(3,4)5,24-17-12-9-13-18-24)25-19-14-10-15-20-25/h9-10,12-15,17-23H,6-8,11,16H2,1-5H3/b22-21+. The third kappa shape index (κ3) is 6.65. The Bertz CT molecular complexity index is 770. The van der Waals surface area contributed by atoms with Gasteiger partial charge in [0.05, 0.1) is 12.7 Å². The Labute approximate surface area is 189 Å². The number of ether oxygens (including phenoxy) is 1. The van der Waals surface area contributed by atoms with E-state index < -0.39 is 8.32 Å². The average molecular weight is 439 g/mol. The molecule has 0 radical (unpaired) electrons. The van der Waals surface area contributed by atoms with Crippen LogP contribution in [0.1, 0.15) is 60.3 Å². The van der Waals surface area contributed by atoms with Crippen molar-refractivity contribution in [2.75, 3.05) is 6.61 Å². The molecule has 3 nitrogen and oxygen atoms in total. The highest BCUT2D eigenvalue weighted by atomic mass is 28.4. The first-order chi connectivity index (χ1) is 14.8. The van der Waals surface area contributed by atoms with E-state index in [-0.39, 0.29) is 17.1 Å². The molecule has 0 spiro atoms. The molecule has 0 saturated carbocycles. The molecule has 0 aromatic heterocycles. The van der Waals surface area contributed by atoms with Crippen LogP contribution in [0, 0.1) is 0 Å². The second kappa shape index (κ2) is 12.0. The fraction of sp³-hybridized carbons (Fsp3) is 0.444. The van der Waals surface area contributed by atoms with Crippen LogP contribution in [-0.2, 0) is 14.0 Å². The molecular formula is C27H38O3Si. The van der Waals surface area contributed by atoms with Gasteiger partial charge >= 0.3 is 5.97 Å². The molecule has 4 heteroatoms. The van der Waals surface area contributed by atoms with Gasteiger partial charge in [-0.1, -0.05) is 108 Å². The van der Waals surface area contributed by atoms with Crippen LogP contribution in [0.5, 0.6) is 0 Å². The quantitative estimate of drug-likeness (QED) is 0.197. The zero-order valence-electron chi connectivity index (χ0n) is 19.8. The van der Waals surface area contributed by atoms with Gasteiger partial charge in [0, 0.05) is 6.08 Å². The van der Waals surface area contributed by atoms with E-state index in [1.54, 1.807) is 0 Å². The summed E-state index contributed by atoms with van der Waals surface area (Å²) in [6, 6.07) is 21.3. The van der Waals surface area contributed by atoms with Crippen molar-refractivity contribution in [2.24, 2.45) is 0 Å². The van der Waals surface area contributed by atoms with Crippen LogP contribution in [0.15, 0.2) is 72.8 Å². The van der Waals surface area contributed by atoms with Gasteiger partial charge in [-0.25, -0.2) is 4.79 Å². The Hall–Kier alpha value is -2.17. The highest BCUT2D eigenvalue weighted by Crippen LogP contribution is 2.38. The number of hydrogen-bond acceptors (Lipinski definition) is 3. The Kier molecular flexibility index (Phi) is 9.72. The van der Waals surface area contributed by atoms with Gasteiger partial charge in [0.25, 0.3) is 8.32 Å². The SMILES string of the molecule is CCCCCC(/C=C/C(=O)OCC)O[Si](c1ccccc1)(c1ccccc1)C(C)(C)C. The summed E-state index contributed by atoms with van der Waals surface area (Å²) in [6.07, 6.45) is 7.54. The molecule has 0 aliphatic rings. The zero-order chi connectivity index (χ0) is 22.7. The van der Waals surface area contributed by atoms with E-state index in [2.05, 4.69) is 88.4 Å². The molecule has 0 saturated heterocycles. The number of carbonyl (C=O) groups is 1. The molecule has 0 aliphatic heterocycles. The monoisotopic (exact) mass is 438 g/mol. The Morgan fingerprint density at radius 3 is 1.94 bits per heavy atom. The van der Waals surface area contributed by atoms with Gasteiger partial charge in [0.15, 0.2) is 0 Å². The molecule has 31 heavy (non-hydrogen) atoms. The minimum atomic E-state index is -2.67. The molecule has 0 N–H and O–H groups in total. The van der Waals surface area contributed by atoms with Crippen molar-refractivity contribution in [1.29, 1.82) is 0 Å². The molecule has 0 heterocycles. The normalized spacial score (nSPS) is 13.3. The molecule has 0 amide bonds. The lowest BCUT2D eigenvalue weighted by Gasteiger charge is -2.44. The summed E-state index contributed by atoms with van der Waals surface area (Å²) in [5.41, 5.74) is 0. The molecule has 1 unspecified atom stereocenters. The maximum absolute atomic E-state index is 12.0. The summed E-state index contributed by atoms with van der Waals surface area (Å²) >= 11 is 0. The third-order valence-electron chi connectivity index (χ3n) is 5.57. The van der Waals surface area contributed by atoms with Gasteiger partial charge in [-0.05, 0) is 34.8 Å². The summed E-state index contributed by atoms with van der Waals surface area (Å²) in [5.74, 6) is -0.311. The van der Waals surface area contributed by atoms with Gasteiger partial charge in [-0.3, -0.25) is 0 Å². The van der Waals surface area contributed by atoms with Crippen molar-refractivity contribution in [3.05, 3.63) is 72.8 Å². The summed E-state index contributed by atoms with van der Waals surface area (Å²) in [4.78, 5) is 12.0. The minimum absolute atomic E-state index is 0.101. The molecule has 2 aromatic carbocycles. The van der Waals surface area contributed by atoms with Crippen LogP contribution in [0.2, 0.25) is 5.04 Å². The Morgan fingerprint density at radius 2 is 1.48 bits per heavy atom. The largest absolute Gasteiger partial charge is 0.463 e. The van der Waals surface area contributed by atoms with Crippen LogP contribution >= 0.6 is 0 Å². The first-order valence-electron chi connectivity index (χ1n) is 11.5. The van der Waals surface area contributed by atoms with Crippen molar-refractivity contribution in [1.82, 2.24) is 0 Å². The number of benzene rings is 2. The smallest absolute Gasteiger partial charge is 0.330 e. The van der Waals surface area contributed by atoms with Crippen LogP contribution < -0.4 is 10.4 Å². The van der Waals surface area contributed by atoms with Gasteiger partial charge in [-0.2, -0.15) is 0 Å². The molecule has 2 aromatic rings. The van der Waals surface area contributed by atoms with E-state index in [1.807, 2.05) is 13.0 Å². The zero-order valence-corrected chi connectivity index (χ0v) is 20.8. The van der Waals surface area contributed by atoms with E-state index in [4.69, 9.17) is 9.16 Å². The number of hydrogen-bond donors (Lipinski definition) is 0. The second-order valence-electron chi connectivity index (χ2n) is 8.93. The second-order valence-corrected chi connectivity index (χ2v) is 13.2. The summed E-state index contributed by atoms with van der Waals surface area (Å²) < 4.78 is 12.3. The van der Waals surface area contributed by atoms with Crippen molar-refractivity contribution in [2.45, 2.75) is 71.4 Å². The summed E-state index contributed by atoms with van der Waals surface area (Å²) in [5, 5.41) is 2.40. The molecule has 2 rings (SSSR count). The van der Waals surface area contributed by atoms with Crippen molar-refractivity contribution in [3.63, 3.8) is 0 Å². The lowest BCUT2D eigenvalue weighted by Crippen LogP contribution is -2.67. The average Bonchev–Trinajstić information content (AvgIpc) is 2.76. The van der Waals surface area contributed by atoms with E-state index >= 15 is 0 Å². The number of carbonyl (C=O) groups excluding carboxylic acids is 1. The van der Waals surface area contributed by atoms with E-state index in [0.717, 1.165) is 25.7 Å². The molecule has 0 aliphatic carbocycles. The van der Waals surface area contributed by atoms with E-state index in [0.29, 0.717) is 6.61 Å². The van der Waals surface area contributed by atoms with E-state index in [1.165, 1.54) is 16.4 Å². The first-order valence-corrected chi connectivity index (χ1v) is 13.4. The highest BCUT2D eigenvalue weighted by Gasteiger charge is 2.51. The van der Waals surface area contributed by atoms with Gasteiger partial charge in [0.2, 0.25) is 0 Å². The van der Waals surface area contributed by atoms with E-state index in [9.17, 15) is 4.79 Å². The van der Waals surface area contributed by atoms with Crippen LogP contribution in [0.4, 0.5) is 0 Å². The Balaban J connectivity index is 2.55. The van der Waals surface area contributed by atoms with Crippen LogP contribution in [0.25, 0.3) is 0 Å². The summed E-state index contributed by atoms with van der Waals surface area (Å²) in [7, 11) is -2.67. The van der Waals surface area contributed by atoms with Crippen molar-refractivity contribution in [3.8, 4) is 0 Å². The van der Waals surface area contributed by atoms with Crippen LogP contribution in [0.3, 0.4) is 0 Å². The topological polar surface area (TPSA) is 35.5 Å². The first kappa shape index (κ1) is 25.1. The lowest BCUT2D eigenvalue weighted by atomic mass is 10.1. The van der Waals surface area contributed by atoms with Crippen molar-refractivity contribution < 1.29 is 14.0 Å². The van der Waals surface area contributed by atoms with Gasteiger partial charge in [-0.15, -0.1) is 0 Å². The third-order valence-corrected chi connectivity index (χ3v) is 10.6. The van der Waals surface area contributed by atoms with Crippen LogP contribution in [-0.4, -0.2) is 27.0 Å². The Morgan fingerprint density at radius 1 is 0.935 bits per heavy atom. The fourth-order valence-electron chi connectivity index (χ4n) is 4.08. The van der Waals surface area contributed by atoms with Gasteiger partial charge < -0.3 is 9.16 Å². The summed E-state index contributed by atoms with van der Waals surface area (Å²) in [6.45, 7) is 11.2. The number of esters is 1. The highest BCUT2D eigenvalue weighted by molar-refractivity contribution is 6.99. The maximum atomic E-state index is 12.0. The molecule has 168 valence electrons. The maximum Gasteiger partial charge on any atom is 0.330 e. The number of rotatable bonds is 11. The minimum Gasteiger partial charge on any atom is -0.463 e. The lowest BCUT2D eigenvalue weighted by molar-refractivity contribution is -0.137. The fourth-order valence-corrected chi connectivity index (χ4v) is 8.75. The van der Waals surface area contributed by atoms with Crippen molar-refractivity contribution >= 4 is 24.7 Å².